The van der Waals surface area contributed by atoms with E-state index < -0.39 is 15.8 Å². The van der Waals surface area contributed by atoms with Crippen LogP contribution in [0.15, 0.2) is 24.3 Å². The Balaban J connectivity index is 1.68. The van der Waals surface area contributed by atoms with Crippen LogP contribution in [0.4, 0.5) is 14.3 Å². The normalized spacial score (nSPS) is 14.8. The second kappa shape index (κ2) is 7.91. The molecule has 1 aromatic heterocycles. The van der Waals surface area contributed by atoms with Gasteiger partial charge in [0.15, 0.2) is 5.13 Å². The Kier molecular flexibility index (Phi) is 5.78. The summed E-state index contributed by atoms with van der Waals surface area (Å²) in [5, 5.41) is 5.86. The number of urea groups is 1. The van der Waals surface area contributed by atoms with E-state index in [2.05, 4.69) is 15.6 Å². The zero-order chi connectivity index (χ0) is 19.6. The van der Waals surface area contributed by atoms with E-state index in [0.29, 0.717) is 23.7 Å². The van der Waals surface area contributed by atoms with Crippen molar-refractivity contribution in [1.29, 1.82) is 0 Å². The number of benzene rings is 1. The van der Waals surface area contributed by atoms with Gasteiger partial charge in [0.1, 0.15) is 5.82 Å². The van der Waals surface area contributed by atoms with Crippen LogP contribution in [0.5, 0.6) is 0 Å². The summed E-state index contributed by atoms with van der Waals surface area (Å²) in [4.78, 5) is 17.0. The first-order valence-electron chi connectivity index (χ1n) is 8.51. The maximum atomic E-state index is 13.0. The molecular weight excluding hydrogens is 391 g/mol. The van der Waals surface area contributed by atoms with Crippen LogP contribution in [0.3, 0.4) is 0 Å². The molecule has 3 rings (SSSR count). The van der Waals surface area contributed by atoms with Gasteiger partial charge >= 0.3 is 6.03 Å². The minimum atomic E-state index is -3.53. The molecule has 7 nitrogen and oxygen atoms in total. The predicted molar refractivity (Wildman–Crippen MR) is 103 cm³/mol. The fourth-order valence-electron chi connectivity index (χ4n) is 2.74. The van der Waals surface area contributed by atoms with Gasteiger partial charge in [-0.1, -0.05) is 23.5 Å². The quantitative estimate of drug-likeness (QED) is 0.790. The topological polar surface area (TPSA) is 91.4 Å². The molecule has 0 aliphatic carbocycles. The summed E-state index contributed by atoms with van der Waals surface area (Å²) in [6, 6.07) is 5.13. The monoisotopic (exact) mass is 412 g/mol. The number of amides is 2. The molecule has 2 aromatic rings. The van der Waals surface area contributed by atoms with Crippen LogP contribution >= 0.6 is 11.3 Å². The average molecular weight is 413 g/mol. The van der Waals surface area contributed by atoms with Gasteiger partial charge in [-0.05, 0) is 31.5 Å². The Morgan fingerprint density at radius 1 is 1.33 bits per heavy atom. The second-order valence-electron chi connectivity index (χ2n) is 6.61. The minimum absolute atomic E-state index is 0.00619. The van der Waals surface area contributed by atoms with E-state index in [1.807, 2.05) is 13.8 Å². The number of halogens is 1. The first kappa shape index (κ1) is 19.7. The third kappa shape index (κ3) is 5.02. The van der Waals surface area contributed by atoms with Crippen molar-refractivity contribution >= 4 is 32.5 Å². The van der Waals surface area contributed by atoms with Crippen LogP contribution in [0.2, 0.25) is 0 Å². The lowest BCUT2D eigenvalue weighted by Gasteiger charge is -2.25. The smallest absolute Gasteiger partial charge is 0.321 e. The zero-order valence-corrected chi connectivity index (χ0v) is 16.7. The summed E-state index contributed by atoms with van der Waals surface area (Å²) in [6.45, 7) is 4.27. The van der Waals surface area contributed by atoms with E-state index in [0.717, 1.165) is 10.6 Å². The summed E-state index contributed by atoms with van der Waals surface area (Å²) in [7, 11) is -3.53. The fraction of sp³-hybridized carbons (Fsp3) is 0.412. The third-order valence-electron chi connectivity index (χ3n) is 3.99. The number of hydrogen-bond donors (Lipinski definition) is 2. The average Bonchev–Trinajstić information content (AvgIpc) is 2.97. The highest BCUT2D eigenvalue weighted by Gasteiger charge is 2.29. The highest BCUT2D eigenvalue weighted by atomic mass is 32.2. The number of carbonyl (C=O) groups is 1. The van der Waals surface area contributed by atoms with E-state index >= 15 is 0 Å². The number of hydrogen-bond acceptors (Lipinski definition) is 5. The van der Waals surface area contributed by atoms with Crippen molar-refractivity contribution in [2.45, 2.75) is 38.6 Å². The van der Waals surface area contributed by atoms with Crippen LogP contribution in [-0.2, 0) is 28.7 Å². The maximum Gasteiger partial charge on any atom is 0.321 e. The first-order chi connectivity index (χ1) is 12.7. The van der Waals surface area contributed by atoms with Crippen LogP contribution in [0, 0.1) is 5.82 Å². The van der Waals surface area contributed by atoms with Gasteiger partial charge in [0.25, 0.3) is 0 Å². The molecule has 10 heteroatoms. The lowest BCUT2D eigenvalue weighted by atomic mass is 10.2. The summed E-state index contributed by atoms with van der Waals surface area (Å²) in [5.74, 6) is -0.575. The number of carbonyl (C=O) groups excluding carboxylic acids is 1. The number of nitrogens with one attached hydrogen (secondary N) is 2. The van der Waals surface area contributed by atoms with E-state index in [-0.39, 0.29) is 24.4 Å². The van der Waals surface area contributed by atoms with Crippen LogP contribution in [0.25, 0.3) is 0 Å². The number of nitrogens with zero attached hydrogens (tertiary/aromatic N) is 2. The highest BCUT2D eigenvalue weighted by Crippen LogP contribution is 2.30. The molecule has 1 aromatic carbocycles. The Bertz CT molecular complexity index is 926. The number of thiazole rings is 1. The molecule has 0 spiro atoms. The van der Waals surface area contributed by atoms with E-state index in [1.54, 1.807) is 0 Å². The second-order valence-corrected chi connectivity index (χ2v) is 9.66. The molecule has 0 saturated heterocycles. The fourth-order valence-corrected chi connectivity index (χ4v) is 5.33. The number of fused-ring (bicyclic) bond motifs is 1. The van der Waals surface area contributed by atoms with Crippen molar-refractivity contribution in [3.05, 3.63) is 46.2 Å². The summed E-state index contributed by atoms with van der Waals surface area (Å²) < 4.78 is 39.8. The van der Waals surface area contributed by atoms with Crippen molar-refractivity contribution in [1.82, 2.24) is 14.6 Å². The van der Waals surface area contributed by atoms with Crippen LogP contribution in [-0.4, -0.2) is 36.3 Å². The predicted octanol–water partition coefficient (Wildman–Crippen LogP) is 2.70. The molecule has 2 amide bonds. The molecule has 0 bridgehead atoms. The van der Waals surface area contributed by atoms with Crippen molar-refractivity contribution in [3.8, 4) is 0 Å². The Morgan fingerprint density at radius 2 is 2.04 bits per heavy atom. The number of anilines is 1. The van der Waals surface area contributed by atoms with Crippen molar-refractivity contribution in [3.63, 3.8) is 0 Å². The molecule has 0 fully saturated rings. The minimum Gasteiger partial charge on any atom is -0.336 e. The highest BCUT2D eigenvalue weighted by molar-refractivity contribution is 7.88. The lowest BCUT2D eigenvalue weighted by molar-refractivity contribution is 0.250. The van der Waals surface area contributed by atoms with E-state index in [1.165, 1.54) is 39.9 Å². The number of rotatable bonds is 5. The van der Waals surface area contributed by atoms with Crippen molar-refractivity contribution < 1.29 is 17.6 Å². The lowest BCUT2D eigenvalue weighted by Crippen LogP contribution is -2.36. The largest absolute Gasteiger partial charge is 0.336 e. The molecule has 146 valence electrons. The van der Waals surface area contributed by atoms with Crippen molar-refractivity contribution in [2.24, 2.45) is 0 Å². The van der Waals surface area contributed by atoms with Gasteiger partial charge in [0.2, 0.25) is 10.0 Å². The molecular formula is C17H21FN4O3S2. The molecule has 0 saturated carbocycles. The maximum absolute atomic E-state index is 13.0. The van der Waals surface area contributed by atoms with Gasteiger partial charge in [-0.3, -0.25) is 5.32 Å². The van der Waals surface area contributed by atoms with Gasteiger partial charge in [-0.25, -0.2) is 22.6 Å². The summed E-state index contributed by atoms with van der Waals surface area (Å²) in [6.07, 6.45) is 0.488. The van der Waals surface area contributed by atoms with Crippen molar-refractivity contribution in [2.75, 3.05) is 11.9 Å². The SMILES string of the molecule is CC(C)NC(=O)Nc1nc2c(s1)CN(S(=O)(=O)Cc1ccc(F)cc1)CC2. The molecule has 0 radical (unpaired) electrons. The Hall–Kier alpha value is -2.04. The molecule has 2 heterocycles. The van der Waals surface area contributed by atoms with Gasteiger partial charge in [-0.15, -0.1) is 0 Å². The molecule has 1 aliphatic rings. The zero-order valence-electron chi connectivity index (χ0n) is 15.0. The van der Waals surface area contributed by atoms with Gasteiger partial charge < -0.3 is 5.32 Å². The van der Waals surface area contributed by atoms with Gasteiger partial charge in [0.05, 0.1) is 11.4 Å². The summed E-state index contributed by atoms with van der Waals surface area (Å²) in [5.41, 5.74) is 1.35. The van der Waals surface area contributed by atoms with E-state index in [9.17, 15) is 17.6 Å². The van der Waals surface area contributed by atoms with Crippen LogP contribution in [0.1, 0.15) is 30.0 Å². The standard InChI is InChI=1S/C17H21FN4O3S2/c1-11(2)19-16(23)21-17-20-14-7-8-22(9-15(14)26-17)27(24,25)10-12-3-5-13(18)6-4-12/h3-6,11H,7-10H2,1-2H3,(H2,19,20,21,23). The Labute approximate surface area is 161 Å². The molecule has 0 atom stereocenters. The molecule has 2 N–H and O–H groups in total. The Morgan fingerprint density at radius 3 is 2.70 bits per heavy atom. The molecule has 0 unspecified atom stereocenters. The number of sulfonamides is 1. The van der Waals surface area contributed by atoms with E-state index in [4.69, 9.17) is 0 Å². The molecule has 27 heavy (non-hydrogen) atoms. The summed E-state index contributed by atoms with van der Waals surface area (Å²) >= 11 is 1.28. The third-order valence-corrected chi connectivity index (χ3v) is 6.79. The van der Waals surface area contributed by atoms with Crippen LogP contribution < -0.4 is 10.6 Å². The first-order valence-corrected chi connectivity index (χ1v) is 10.9. The van der Waals surface area contributed by atoms with Gasteiger partial charge in [0, 0.05) is 30.4 Å². The molecule has 1 aliphatic heterocycles. The number of aromatic nitrogens is 1. The van der Waals surface area contributed by atoms with Gasteiger partial charge in [-0.2, -0.15) is 4.31 Å².